The maximum absolute atomic E-state index is 6.36. The highest BCUT2D eigenvalue weighted by Crippen LogP contribution is 2.23. The van der Waals surface area contributed by atoms with Gasteiger partial charge >= 0.3 is 0 Å². The second kappa shape index (κ2) is 4.70. The Kier molecular flexibility index (Phi) is 2.90. The Balaban J connectivity index is 1.83. The first kappa shape index (κ1) is 11.1. The third-order valence-electron chi connectivity index (χ3n) is 2.67. The highest BCUT2D eigenvalue weighted by molar-refractivity contribution is 6.20. The van der Waals surface area contributed by atoms with Gasteiger partial charge < -0.3 is 0 Å². The molecule has 90 valence electrons. The lowest BCUT2D eigenvalue weighted by atomic mass is 10.1. The Morgan fingerprint density at radius 3 is 2.78 bits per heavy atom. The Bertz CT molecular complexity index is 652. The summed E-state index contributed by atoms with van der Waals surface area (Å²) < 4.78 is 1.41. The van der Waals surface area contributed by atoms with Crippen molar-refractivity contribution < 1.29 is 0 Å². The normalized spacial score (nSPS) is 12.7. The molecule has 0 fully saturated rings. The number of halogens is 1. The predicted molar refractivity (Wildman–Crippen MR) is 67.3 cm³/mol. The summed E-state index contributed by atoms with van der Waals surface area (Å²) in [6, 6.07) is 13.7. The number of tetrazole rings is 1. The first-order chi connectivity index (χ1) is 8.83. The first-order valence-electron chi connectivity index (χ1n) is 5.56. The Morgan fingerprint density at radius 2 is 1.94 bits per heavy atom. The van der Waals surface area contributed by atoms with Crippen LogP contribution in [0.3, 0.4) is 0 Å². The highest BCUT2D eigenvalue weighted by Gasteiger charge is 2.10. The molecule has 0 aliphatic heterocycles. The van der Waals surface area contributed by atoms with Crippen LogP contribution in [-0.2, 0) is 6.42 Å². The summed E-state index contributed by atoms with van der Waals surface area (Å²) in [5.41, 5.74) is 2.57. The van der Waals surface area contributed by atoms with Crippen molar-refractivity contribution in [3.8, 4) is 0 Å². The molecule has 2 aromatic heterocycles. The van der Waals surface area contributed by atoms with Crippen molar-refractivity contribution in [3.05, 3.63) is 53.7 Å². The van der Waals surface area contributed by atoms with Gasteiger partial charge in [0.05, 0.1) is 11.1 Å². The monoisotopic (exact) mass is 259 g/mol. The van der Waals surface area contributed by atoms with E-state index in [-0.39, 0.29) is 5.38 Å². The van der Waals surface area contributed by atoms with Crippen LogP contribution >= 0.6 is 11.6 Å². The number of nitrogens with zero attached hydrogens (tertiary/aromatic N) is 5. The fourth-order valence-electron chi connectivity index (χ4n) is 1.76. The summed E-state index contributed by atoms with van der Waals surface area (Å²) >= 11 is 6.36. The molecule has 0 amide bonds. The number of benzene rings is 1. The number of hydrogen-bond acceptors (Lipinski definition) is 4. The fourth-order valence-corrected chi connectivity index (χ4v) is 2.06. The second-order valence-corrected chi connectivity index (χ2v) is 4.46. The lowest BCUT2D eigenvalue weighted by molar-refractivity contribution is 0.701. The van der Waals surface area contributed by atoms with Crippen LogP contribution in [-0.4, -0.2) is 25.3 Å². The summed E-state index contributed by atoms with van der Waals surface area (Å²) in [5, 5.41) is 15.3. The Hall–Kier alpha value is -2.01. The molecule has 0 aliphatic carbocycles. The highest BCUT2D eigenvalue weighted by atomic mass is 35.5. The van der Waals surface area contributed by atoms with Crippen LogP contribution in [0.25, 0.3) is 5.65 Å². The summed E-state index contributed by atoms with van der Waals surface area (Å²) in [6.45, 7) is 0. The predicted octanol–water partition coefficient (Wildman–Crippen LogP) is 2.04. The first-order valence-corrected chi connectivity index (χ1v) is 6.00. The van der Waals surface area contributed by atoms with Crippen molar-refractivity contribution in [1.29, 1.82) is 0 Å². The Morgan fingerprint density at radius 1 is 1.11 bits per heavy atom. The summed E-state index contributed by atoms with van der Waals surface area (Å²) in [4.78, 5) is 0. The molecule has 0 bridgehead atoms. The van der Waals surface area contributed by atoms with E-state index in [9.17, 15) is 0 Å². The lowest BCUT2D eigenvalue weighted by Crippen LogP contribution is -2.03. The van der Waals surface area contributed by atoms with Crippen LogP contribution in [0, 0.1) is 0 Å². The molecular weight excluding hydrogens is 250 g/mol. The summed E-state index contributed by atoms with van der Waals surface area (Å²) in [5.74, 6) is 0. The van der Waals surface area contributed by atoms with Crippen molar-refractivity contribution >= 4 is 17.2 Å². The van der Waals surface area contributed by atoms with E-state index in [4.69, 9.17) is 11.6 Å². The molecular formula is C12H10ClN5. The molecule has 0 radical (unpaired) electrons. The van der Waals surface area contributed by atoms with Gasteiger partial charge in [0, 0.05) is 6.42 Å². The third kappa shape index (κ3) is 2.17. The molecule has 0 saturated carbocycles. The van der Waals surface area contributed by atoms with Crippen molar-refractivity contribution in [2.45, 2.75) is 11.8 Å². The third-order valence-corrected chi connectivity index (χ3v) is 3.08. The van der Waals surface area contributed by atoms with Gasteiger partial charge in [0.2, 0.25) is 0 Å². The number of alkyl halides is 1. The molecule has 0 aliphatic rings. The SMILES string of the molecule is ClC(Cc1ccc2nnnn2n1)c1ccccc1. The van der Waals surface area contributed by atoms with E-state index in [1.54, 1.807) is 0 Å². The molecule has 1 atom stereocenters. The van der Waals surface area contributed by atoms with Gasteiger partial charge in [-0.1, -0.05) is 30.3 Å². The zero-order chi connectivity index (χ0) is 12.4. The molecule has 2 heterocycles. The van der Waals surface area contributed by atoms with Gasteiger partial charge in [-0.25, -0.2) is 0 Å². The van der Waals surface area contributed by atoms with Crippen LogP contribution in [0.4, 0.5) is 0 Å². The van der Waals surface area contributed by atoms with Crippen LogP contribution < -0.4 is 0 Å². The number of hydrogen-bond donors (Lipinski definition) is 0. The maximum atomic E-state index is 6.36. The summed E-state index contributed by atoms with van der Waals surface area (Å²) in [7, 11) is 0. The largest absolute Gasteiger partial charge is 0.199 e. The van der Waals surface area contributed by atoms with Crippen LogP contribution in [0.2, 0.25) is 0 Å². The van der Waals surface area contributed by atoms with E-state index in [0.29, 0.717) is 12.1 Å². The number of rotatable bonds is 3. The molecule has 5 nitrogen and oxygen atoms in total. The van der Waals surface area contributed by atoms with Gasteiger partial charge in [-0.2, -0.15) is 5.10 Å². The minimum Gasteiger partial charge on any atom is -0.152 e. The van der Waals surface area contributed by atoms with Gasteiger partial charge in [-0.3, -0.25) is 0 Å². The molecule has 0 N–H and O–H groups in total. The van der Waals surface area contributed by atoms with Crippen molar-refractivity contribution in [1.82, 2.24) is 25.3 Å². The second-order valence-electron chi connectivity index (χ2n) is 3.93. The van der Waals surface area contributed by atoms with E-state index >= 15 is 0 Å². The quantitative estimate of drug-likeness (QED) is 0.676. The van der Waals surface area contributed by atoms with Crippen molar-refractivity contribution in [3.63, 3.8) is 0 Å². The average Bonchev–Trinajstić information content (AvgIpc) is 2.87. The molecule has 3 aromatic rings. The fraction of sp³-hybridized carbons (Fsp3) is 0.167. The van der Waals surface area contributed by atoms with Gasteiger partial charge in [-0.05, 0) is 28.1 Å². The van der Waals surface area contributed by atoms with E-state index in [1.807, 2.05) is 42.5 Å². The number of fused-ring (bicyclic) bond motifs is 1. The van der Waals surface area contributed by atoms with Gasteiger partial charge in [0.15, 0.2) is 5.65 Å². The van der Waals surface area contributed by atoms with Gasteiger partial charge in [0.25, 0.3) is 0 Å². The smallest absolute Gasteiger partial charge is 0.152 e. The molecule has 0 spiro atoms. The summed E-state index contributed by atoms with van der Waals surface area (Å²) in [6.07, 6.45) is 0.640. The van der Waals surface area contributed by atoms with Crippen LogP contribution in [0.1, 0.15) is 16.6 Å². The Labute approximate surface area is 108 Å². The zero-order valence-electron chi connectivity index (χ0n) is 9.44. The minimum absolute atomic E-state index is 0.104. The molecule has 6 heteroatoms. The standard InChI is InChI=1S/C12H10ClN5/c13-11(9-4-2-1-3-5-9)8-10-6-7-12-14-16-17-18(12)15-10/h1-7,11H,8H2. The van der Waals surface area contributed by atoms with Crippen molar-refractivity contribution in [2.24, 2.45) is 0 Å². The van der Waals surface area contributed by atoms with E-state index in [0.717, 1.165) is 11.3 Å². The molecule has 3 rings (SSSR count). The molecule has 18 heavy (non-hydrogen) atoms. The van der Waals surface area contributed by atoms with E-state index < -0.39 is 0 Å². The van der Waals surface area contributed by atoms with Crippen LogP contribution in [0.5, 0.6) is 0 Å². The topological polar surface area (TPSA) is 56.0 Å². The molecule has 1 unspecified atom stereocenters. The minimum atomic E-state index is -0.104. The van der Waals surface area contributed by atoms with Crippen molar-refractivity contribution in [2.75, 3.05) is 0 Å². The van der Waals surface area contributed by atoms with Gasteiger partial charge in [-0.15, -0.1) is 21.3 Å². The number of aromatic nitrogens is 5. The van der Waals surface area contributed by atoms with E-state index in [2.05, 4.69) is 20.6 Å². The zero-order valence-corrected chi connectivity index (χ0v) is 10.2. The molecule has 0 saturated heterocycles. The maximum Gasteiger partial charge on any atom is 0.199 e. The average molecular weight is 260 g/mol. The van der Waals surface area contributed by atoms with E-state index in [1.165, 1.54) is 4.63 Å². The molecule has 1 aromatic carbocycles. The van der Waals surface area contributed by atoms with Crippen LogP contribution in [0.15, 0.2) is 42.5 Å². The van der Waals surface area contributed by atoms with Gasteiger partial charge in [0.1, 0.15) is 0 Å². The lowest BCUT2D eigenvalue weighted by Gasteiger charge is -2.08.